The van der Waals surface area contributed by atoms with Crippen LogP contribution in [0.25, 0.3) is 11.1 Å². The number of hydrogen-bond donors (Lipinski definition) is 3. The summed E-state index contributed by atoms with van der Waals surface area (Å²) in [6.45, 7) is 3.82. The normalized spacial score (nSPS) is 22.2. The average molecular weight is 428 g/mol. The lowest BCUT2D eigenvalue weighted by atomic mass is 9.90. The number of aromatic nitrogens is 2. The van der Waals surface area contributed by atoms with Gasteiger partial charge in [0.15, 0.2) is 0 Å². The molecule has 7 heteroatoms. The van der Waals surface area contributed by atoms with Gasteiger partial charge in [0, 0.05) is 43.5 Å². The van der Waals surface area contributed by atoms with Crippen LogP contribution in [-0.2, 0) is 4.74 Å². The number of nitrogens with one attached hydrogen (secondary N) is 3. The summed E-state index contributed by atoms with van der Waals surface area (Å²) in [6.07, 6.45) is 9.97. The highest BCUT2D eigenvalue weighted by atomic mass is 19.1. The van der Waals surface area contributed by atoms with Crippen LogP contribution in [0.15, 0.2) is 30.6 Å². The minimum atomic E-state index is -0.315. The molecular weight excluding hydrogens is 393 g/mol. The number of halogens is 1. The molecule has 31 heavy (non-hydrogen) atoms. The van der Waals surface area contributed by atoms with E-state index in [2.05, 4.69) is 32.8 Å². The van der Waals surface area contributed by atoms with E-state index < -0.39 is 0 Å². The molecule has 2 aromatic rings. The summed E-state index contributed by atoms with van der Waals surface area (Å²) < 4.78 is 19.8. The molecule has 3 N–H and O–H groups in total. The largest absolute Gasteiger partial charge is 0.383 e. The minimum Gasteiger partial charge on any atom is -0.383 e. The Balaban J connectivity index is 1.35. The first-order valence-corrected chi connectivity index (χ1v) is 11.5. The molecule has 0 saturated heterocycles. The SMILES string of the molecule is COC[C@@H](C)NC1CCC(Nc2cc(-c3ccnc(NCC4CC4)c3)c(F)cn2)CC1. The molecule has 0 aromatic carbocycles. The molecule has 0 aliphatic heterocycles. The Kier molecular flexibility index (Phi) is 7.35. The second-order valence-corrected chi connectivity index (χ2v) is 9.02. The summed E-state index contributed by atoms with van der Waals surface area (Å²) in [5.74, 6) is 1.96. The fourth-order valence-electron chi connectivity index (χ4n) is 4.32. The predicted octanol–water partition coefficient (Wildman–Crippen LogP) is 4.45. The van der Waals surface area contributed by atoms with Gasteiger partial charge in [-0.2, -0.15) is 0 Å². The van der Waals surface area contributed by atoms with Crippen molar-refractivity contribution in [2.75, 3.05) is 30.9 Å². The first kappa shape index (κ1) is 22.0. The van der Waals surface area contributed by atoms with Gasteiger partial charge in [-0.05, 0) is 75.1 Å². The number of nitrogens with zero attached hydrogens (tertiary/aromatic N) is 2. The van der Waals surface area contributed by atoms with Crippen LogP contribution in [-0.4, -0.2) is 48.4 Å². The van der Waals surface area contributed by atoms with Gasteiger partial charge in [0.2, 0.25) is 0 Å². The monoisotopic (exact) mass is 427 g/mol. The van der Waals surface area contributed by atoms with E-state index in [1.165, 1.54) is 19.0 Å². The van der Waals surface area contributed by atoms with Crippen LogP contribution in [0.2, 0.25) is 0 Å². The van der Waals surface area contributed by atoms with E-state index in [4.69, 9.17) is 4.74 Å². The number of pyridine rings is 2. The van der Waals surface area contributed by atoms with Gasteiger partial charge in [-0.3, -0.25) is 0 Å². The Morgan fingerprint density at radius 2 is 1.84 bits per heavy atom. The van der Waals surface area contributed by atoms with Crippen molar-refractivity contribution in [1.29, 1.82) is 0 Å². The molecule has 0 unspecified atom stereocenters. The van der Waals surface area contributed by atoms with Gasteiger partial charge in [-0.1, -0.05) is 0 Å². The van der Waals surface area contributed by atoms with E-state index in [9.17, 15) is 4.39 Å². The third-order valence-electron chi connectivity index (χ3n) is 6.21. The number of ether oxygens (including phenoxy) is 1. The maximum atomic E-state index is 14.6. The van der Waals surface area contributed by atoms with Crippen molar-refractivity contribution < 1.29 is 9.13 Å². The van der Waals surface area contributed by atoms with Crippen LogP contribution in [0.3, 0.4) is 0 Å². The standard InChI is InChI=1S/C24H34FN5O/c1-16(15-31-2)29-19-5-7-20(8-6-19)30-24-12-21(22(25)14-28-24)18-9-10-26-23(11-18)27-13-17-3-4-17/h9-12,14,16-17,19-20,29H,3-8,13,15H2,1-2H3,(H,26,27)(H,28,30)/t16-,19?,20?/m1/s1. The molecule has 0 amide bonds. The Bertz CT molecular complexity index is 852. The number of methoxy groups -OCH3 is 1. The van der Waals surface area contributed by atoms with Crippen LogP contribution < -0.4 is 16.0 Å². The predicted molar refractivity (Wildman–Crippen MR) is 123 cm³/mol. The van der Waals surface area contributed by atoms with E-state index >= 15 is 0 Å². The molecule has 2 fully saturated rings. The first-order chi connectivity index (χ1) is 15.1. The molecule has 0 radical (unpaired) electrons. The second-order valence-electron chi connectivity index (χ2n) is 9.02. The van der Waals surface area contributed by atoms with E-state index in [-0.39, 0.29) is 5.82 Å². The van der Waals surface area contributed by atoms with Crippen molar-refractivity contribution >= 4 is 11.6 Å². The molecule has 2 aliphatic carbocycles. The first-order valence-electron chi connectivity index (χ1n) is 11.5. The van der Waals surface area contributed by atoms with E-state index in [1.807, 2.05) is 18.2 Å². The van der Waals surface area contributed by atoms with Gasteiger partial charge in [0.05, 0.1) is 12.8 Å². The Morgan fingerprint density at radius 1 is 1.06 bits per heavy atom. The summed E-state index contributed by atoms with van der Waals surface area (Å²) in [5, 5.41) is 10.5. The van der Waals surface area contributed by atoms with Crippen LogP contribution >= 0.6 is 0 Å². The lowest BCUT2D eigenvalue weighted by molar-refractivity contribution is 0.161. The van der Waals surface area contributed by atoms with Crippen molar-refractivity contribution in [1.82, 2.24) is 15.3 Å². The molecule has 2 aromatic heterocycles. The summed E-state index contributed by atoms with van der Waals surface area (Å²) in [6, 6.07) is 6.84. The van der Waals surface area contributed by atoms with E-state index in [0.29, 0.717) is 23.7 Å². The third-order valence-corrected chi connectivity index (χ3v) is 6.21. The quantitative estimate of drug-likeness (QED) is 0.520. The minimum absolute atomic E-state index is 0.315. The summed E-state index contributed by atoms with van der Waals surface area (Å²) >= 11 is 0. The molecule has 4 rings (SSSR count). The second kappa shape index (κ2) is 10.4. The van der Waals surface area contributed by atoms with Crippen molar-refractivity contribution in [2.45, 2.75) is 63.6 Å². The van der Waals surface area contributed by atoms with Gasteiger partial charge in [0.25, 0.3) is 0 Å². The molecule has 6 nitrogen and oxygen atoms in total. The Hall–Kier alpha value is -2.25. The lowest BCUT2D eigenvalue weighted by Gasteiger charge is -2.31. The molecule has 2 heterocycles. The van der Waals surface area contributed by atoms with Crippen LogP contribution in [0.4, 0.5) is 16.0 Å². The smallest absolute Gasteiger partial charge is 0.149 e. The van der Waals surface area contributed by atoms with Gasteiger partial charge < -0.3 is 20.7 Å². The zero-order chi connectivity index (χ0) is 21.6. The van der Waals surface area contributed by atoms with Crippen molar-refractivity contribution in [3.8, 4) is 11.1 Å². The molecule has 0 spiro atoms. The highest BCUT2D eigenvalue weighted by Crippen LogP contribution is 2.30. The number of rotatable bonds is 10. The van der Waals surface area contributed by atoms with Crippen molar-refractivity contribution in [3.63, 3.8) is 0 Å². The maximum absolute atomic E-state index is 14.6. The Morgan fingerprint density at radius 3 is 2.58 bits per heavy atom. The molecule has 2 aliphatic rings. The summed E-state index contributed by atoms with van der Waals surface area (Å²) in [7, 11) is 1.74. The number of hydrogen-bond acceptors (Lipinski definition) is 6. The topological polar surface area (TPSA) is 71.1 Å². The maximum Gasteiger partial charge on any atom is 0.149 e. The van der Waals surface area contributed by atoms with Crippen molar-refractivity contribution in [3.05, 3.63) is 36.4 Å². The van der Waals surface area contributed by atoms with Crippen LogP contribution in [0.5, 0.6) is 0 Å². The van der Waals surface area contributed by atoms with Gasteiger partial charge in [-0.25, -0.2) is 14.4 Å². The Labute approximate surface area is 184 Å². The zero-order valence-corrected chi connectivity index (χ0v) is 18.5. The lowest BCUT2D eigenvalue weighted by Crippen LogP contribution is -2.42. The van der Waals surface area contributed by atoms with Gasteiger partial charge >= 0.3 is 0 Å². The van der Waals surface area contributed by atoms with Gasteiger partial charge in [-0.15, -0.1) is 0 Å². The van der Waals surface area contributed by atoms with E-state index in [1.54, 1.807) is 13.3 Å². The zero-order valence-electron chi connectivity index (χ0n) is 18.5. The molecule has 2 saturated carbocycles. The van der Waals surface area contributed by atoms with E-state index in [0.717, 1.165) is 62.0 Å². The molecule has 0 bridgehead atoms. The molecule has 168 valence electrons. The third kappa shape index (κ3) is 6.37. The van der Waals surface area contributed by atoms with Crippen LogP contribution in [0.1, 0.15) is 45.4 Å². The molecular formula is C24H34FN5O. The summed E-state index contributed by atoms with van der Waals surface area (Å²) in [4.78, 5) is 8.66. The highest BCUT2D eigenvalue weighted by molar-refractivity contribution is 5.69. The summed E-state index contributed by atoms with van der Waals surface area (Å²) in [5.41, 5.74) is 1.37. The van der Waals surface area contributed by atoms with Crippen molar-refractivity contribution in [2.24, 2.45) is 5.92 Å². The fourth-order valence-corrected chi connectivity index (χ4v) is 4.32. The number of anilines is 2. The average Bonchev–Trinajstić information content (AvgIpc) is 3.60. The fraction of sp³-hybridized carbons (Fsp3) is 0.583. The van der Waals surface area contributed by atoms with Gasteiger partial charge in [0.1, 0.15) is 17.5 Å². The van der Waals surface area contributed by atoms with Crippen LogP contribution in [0, 0.1) is 11.7 Å². The highest BCUT2D eigenvalue weighted by Gasteiger charge is 2.23. The molecule has 1 atom stereocenters.